The van der Waals surface area contributed by atoms with Crippen LogP contribution in [0.25, 0.3) is 5.57 Å². The lowest BCUT2D eigenvalue weighted by molar-refractivity contribution is -0.134. The summed E-state index contributed by atoms with van der Waals surface area (Å²) in [6.07, 6.45) is 2.36. The highest BCUT2D eigenvalue weighted by atomic mass is 35.5. The van der Waals surface area contributed by atoms with E-state index in [4.69, 9.17) is 5.73 Å². The minimum absolute atomic E-state index is 0. The smallest absolute Gasteiger partial charge is 0.330 e. The average molecular weight is 256 g/mol. The molecule has 0 radical (unpaired) electrons. The van der Waals surface area contributed by atoms with Crippen LogP contribution in [0.4, 0.5) is 0 Å². The van der Waals surface area contributed by atoms with E-state index in [1.165, 1.54) is 18.7 Å². The summed E-state index contributed by atoms with van der Waals surface area (Å²) < 4.78 is 4.57. The number of hydrogen-bond donors (Lipinski definition) is 1. The van der Waals surface area contributed by atoms with Gasteiger partial charge in [-0.05, 0) is 36.6 Å². The highest BCUT2D eigenvalue weighted by Crippen LogP contribution is 2.14. The fourth-order valence-corrected chi connectivity index (χ4v) is 1.42. The Morgan fingerprint density at radius 2 is 1.94 bits per heavy atom. The minimum atomic E-state index is -0.330. The Hall–Kier alpha value is -1.32. The van der Waals surface area contributed by atoms with Crippen LogP contribution in [-0.2, 0) is 16.0 Å². The number of allylic oxidation sites excluding steroid dienone is 1. The molecule has 0 atom stereocenters. The number of benzene rings is 1. The number of halogens is 1. The number of carbonyl (C=O) groups excluding carboxylic acids is 1. The van der Waals surface area contributed by atoms with E-state index in [1.807, 2.05) is 31.2 Å². The molecular weight excluding hydrogens is 238 g/mol. The van der Waals surface area contributed by atoms with Crippen molar-refractivity contribution in [1.82, 2.24) is 0 Å². The zero-order valence-electron chi connectivity index (χ0n) is 10.1. The molecule has 0 unspecified atom stereocenters. The molecule has 17 heavy (non-hydrogen) atoms. The molecule has 0 bridgehead atoms. The molecule has 3 nitrogen and oxygen atoms in total. The molecule has 0 aromatic heterocycles. The summed E-state index contributed by atoms with van der Waals surface area (Å²) in [5.74, 6) is -0.330. The Morgan fingerprint density at radius 3 is 2.41 bits per heavy atom. The first-order valence-corrected chi connectivity index (χ1v) is 5.23. The van der Waals surface area contributed by atoms with Gasteiger partial charge in [0.1, 0.15) is 0 Å². The van der Waals surface area contributed by atoms with Crippen molar-refractivity contribution in [2.45, 2.75) is 13.3 Å². The lowest BCUT2D eigenvalue weighted by atomic mass is 10.0. The minimum Gasteiger partial charge on any atom is -0.466 e. The van der Waals surface area contributed by atoms with Crippen molar-refractivity contribution in [3.8, 4) is 0 Å². The number of esters is 1. The molecule has 94 valence electrons. The lowest BCUT2D eigenvalue weighted by Gasteiger charge is -2.03. The molecule has 2 N–H and O–H groups in total. The van der Waals surface area contributed by atoms with Crippen LogP contribution in [-0.4, -0.2) is 19.6 Å². The molecule has 0 spiro atoms. The van der Waals surface area contributed by atoms with E-state index in [1.54, 1.807) is 0 Å². The van der Waals surface area contributed by atoms with Crippen molar-refractivity contribution in [2.24, 2.45) is 5.73 Å². The van der Waals surface area contributed by atoms with Crippen LogP contribution >= 0.6 is 12.4 Å². The first-order chi connectivity index (χ1) is 7.67. The van der Waals surface area contributed by atoms with Crippen LogP contribution in [0, 0.1) is 0 Å². The largest absolute Gasteiger partial charge is 0.466 e. The first-order valence-electron chi connectivity index (χ1n) is 5.23. The van der Waals surface area contributed by atoms with Gasteiger partial charge in [-0.15, -0.1) is 12.4 Å². The van der Waals surface area contributed by atoms with Crippen LogP contribution in [0.5, 0.6) is 0 Å². The number of nitrogens with two attached hydrogens (primary N) is 1. The number of carbonyl (C=O) groups is 1. The van der Waals surface area contributed by atoms with Gasteiger partial charge in [-0.2, -0.15) is 0 Å². The molecule has 0 saturated heterocycles. The molecule has 0 aliphatic rings. The number of hydrogen-bond acceptors (Lipinski definition) is 3. The van der Waals surface area contributed by atoms with Crippen molar-refractivity contribution < 1.29 is 9.53 Å². The third-order valence-electron chi connectivity index (χ3n) is 2.38. The van der Waals surface area contributed by atoms with E-state index < -0.39 is 0 Å². The number of ether oxygens (including phenoxy) is 1. The summed E-state index contributed by atoms with van der Waals surface area (Å²) in [4.78, 5) is 11.0. The van der Waals surface area contributed by atoms with Gasteiger partial charge in [-0.1, -0.05) is 24.3 Å². The Balaban J connectivity index is 0.00000256. The van der Waals surface area contributed by atoms with Crippen LogP contribution < -0.4 is 5.73 Å². The zero-order chi connectivity index (χ0) is 12.0. The Kier molecular flexibility index (Phi) is 7.26. The Morgan fingerprint density at radius 1 is 1.35 bits per heavy atom. The first kappa shape index (κ1) is 15.7. The second kappa shape index (κ2) is 7.87. The monoisotopic (exact) mass is 255 g/mol. The maximum atomic E-state index is 11.0. The van der Waals surface area contributed by atoms with Gasteiger partial charge in [0.05, 0.1) is 7.11 Å². The maximum absolute atomic E-state index is 11.0. The number of methoxy groups -OCH3 is 1. The van der Waals surface area contributed by atoms with Crippen molar-refractivity contribution in [3.63, 3.8) is 0 Å². The second-order valence-corrected chi connectivity index (χ2v) is 3.59. The summed E-state index contributed by atoms with van der Waals surface area (Å²) in [6, 6.07) is 8.02. The van der Waals surface area contributed by atoms with E-state index in [-0.39, 0.29) is 18.4 Å². The Labute approximate surface area is 108 Å². The SMILES string of the molecule is COC(=O)/C=C(\C)c1ccc(CCN)cc1.Cl. The van der Waals surface area contributed by atoms with Gasteiger partial charge in [0, 0.05) is 6.08 Å². The molecule has 0 aliphatic heterocycles. The van der Waals surface area contributed by atoms with Gasteiger partial charge < -0.3 is 10.5 Å². The lowest BCUT2D eigenvalue weighted by Crippen LogP contribution is -2.02. The summed E-state index contributed by atoms with van der Waals surface area (Å²) in [5.41, 5.74) is 8.59. The predicted molar refractivity (Wildman–Crippen MR) is 72.1 cm³/mol. The van der Waals surface area contributed by atoms with Gasteiger partial charge in [0.15, 0.2) is 0 Å². The third-order valence-corrected chi connectivity index (χ3v) is 2.38. The molecule has 0 aliphatic carbocycles. The average Bonchev–Trinajstić information content (AvgIpc) is 2.30. The van der Waals surface area contributed by atoms with E-state index in [2.05, 4.69) is 4.74 Å². The van der Waals surface area contributed by atoms with Crippen molar-refractivity contribution in [3.05, 3.63) is 41.5 Å². The molecule has 0 amide bonds. The van der Waals surface area contributed by atoms with E-state index in [9.17, 15) is 4.79 Å². The van der Waals surface area contributed by atoms with Gasteiger partial charge in [-0.25, -0.2) is 4.79 Å². The number of rotatable bonds is 4. The molecule has 1 aromatic carbocycles. The standard InChI is InChI=1S/C13H17NO2.ClH/c1-10(9-13(15)16-2)12-5-3-11(4-6-12)7-8-14;/h3-6,9H,7-8,14H2,1-2H3;1H/b10-9+;. The molecule has 0 fully saturated rings. The Bertz CT molecular complexity index is 385. The van der Waals surface area contributed by atoms with Crippen molar-refractivity contribution in [2.75, 3.05) is 13.7 Å². The van der Waals surface area contributed by atoms with E-state index in [0.717, 1.165) is 17.6 Å². The molecule has 1 aromatic rings. The topological polar surface area (TPSA) is 52.3 Å². The predicted octanol–water partition coefficient (Wildman–Crippen LogP) is 2.19. The summed E-state index contributed by atoms with van der Waals surface area (Å²) in [7, 11) is 1.37. The summed E-state index contributed by atoms with van der Waals surface area (Å²) >= 11 is 0. The van der Waals surface area contributed by atoms with Crippen molar-refractivity contribution >= 4 is 23.9 Å². The summed E-state index contributed by atoms with van der Waals surface area (Å²) in [6.45, 7) is 2.53. The zero-order valence-corrected chi connectivity index (χ0v) is 10.9. The molecule has 1 rings (SSSR count). The quantitative estimate of drug-likeness (QED) is 0.663. The van der Waals surface area contributed by atoms with Crippen LogP contribution in [0.2, 0.25) is 0 Å². The fraction of sp³-hybridized carbons (Fsp3) is 0.308. The highest BCUT2D eigenvalue weighted by molar-refractivity contribution is 5.90. The van der Waals surface area contributed by atoms with Crippen LogP contribution in [0.15, 0.2) is 30.3 Å². The maximum Gasteiger partial charge on any atom is 0.330 e. The van der Waals surface area contributed by atoms with Gasteiger partial charge in [0.25, 0.3) is 0 Å². The van der Waals surface area contributed by atoms with Crippen LogP contribution in [0.3, 0.4) is 0 Å². The van der Waals surface area contributed by atoms with Crippen molar-refractivity contribution in [1.29, 1.82) is 0 Å². The summed E-state index contributed by atoms with van der Waals surface area (Å²) in [5, 5.41) is 0. The fourth-order valence-electron chi connectivity index (χ4n) is 1.42. The van der Waals surface area contributed by atoms with Gasteiger partial charge in [-0.3, -0.25) is 0 Å². The van der Waals surface area contributed by atoms with E-state index in [0.29, 0.717) is 6.54 Å². The highest BCUT2D eigenvalue weighted by Gasteiger charge is 2.00. The van der Waals surface area contributed by atoms with Gasteiger partial charge >= 0.3 is 5.97 Å². The van der Waals surface area contributed by atoms with Gasteiger partial charge in [0.2, 0.25) is 0 Å². The van der Waals surface area contributed by atoms with Crippen LogP contribution in [0.1, 0.15) is 18.1 Å². The second-order valence-electron chi connectivity index (χ2n) is 3.59. The normalized spacial score (nSPS) is 10.6. The molecular formula is C13H18ClNO2. The molecule has 0 heterocycles. The molecule has 4 heteroatoms. The third kappa shape index (κ3) is 5.02. The van der Waals surface area contributed by atoms with E-state index >= 15 is 0 Å². The molecule has 0 saturated carbocycles.